The third-order valence-corrected chi connectivity index (χ3v) is 2.54. The number of rotatable bonds is 5. The Labute approximate surface area is 102 Å². The van der Waals surface area contributed by atoms with Crippen molar-refractivity contribution in [2.45, 2.75) is 20.3 Å². The molecule has 1 rings (SSSR count). The molecule has 0 bridgehead atoms. The highest BCUT2D eigenvalue weighted by atomic mass is 19.1. The van der Waals surface area contributed by atoms with Crippen molar-refractivity contribution >= 4 is 6.08 Å². The summed E-state index contributed by atoms with van der Waals surface area (Å²) in [6, 6.07) is 6.46. The van der Waals surface area contributed by atoms with Gasteiger partial charge in [0.25, 0.3) is 0 Å². The molecule has 0 atom stereocenters. The highest BCUT2D eigenvalue weighted by Crippen LogP contribution is 2.13. The number of nitriles is 1. The van der Waals surface area contributed by atoms with Crippen LogP contribution in [-0.2, 0) is 0 Å². The summed E-state index contributed by atoms with van der Waals surface area (Å²) < 4.78 is 13.1. The zero-order valence-corrected chi connectivity index (χ0v) is 10.3. The van der Waals surface area contributed by atoms with E-state index in [9.17, 15) is 4.39 Å². The van der Waals surface area contributed by atoms with E-state index in [1.54, 1.807) is 12.1 Å². The van der Waals surface area contributed by atoms with Gasteiger partial charge in [-0.05, 0) is 30.7 Å². The van der Waals surface area contributed by atoms with Gasteiger partial charge in [-0.15, -0.1) is 0 Å². The monoisotopic (exact) mass is 232 g/mol. The Kier molecular flexibility index (Phi) is 5.38. The number of benzene rings is 1. The van der Waals surface area contributed by atoms with E-state index in [0.29, 0.717) is 0 Å². The summed E-state index contributed by atoms with van der Waals surface area (Å²) in [7, 11) is 0. The normalized spacial score (nSPS) is 11.3. The second kappa shape index (κ2) is 6.82. The molecule has 3 heteroatoms. The van der Waals surface area contributed by atoms with Gasteiger partial charge in [-0.25, -0.2) is 4.39 Å². The Hall–Kier alpha value is -1.66. The van der Waals surface area contributed by atoms with Gasteiger partial charge >= 0.3 is 0 Å². The van der Waals surface area contributed by atoms with Crippen molar-refractivity contribution in [3.05, 3.63) is 40.7 Å². The van der Waals surface area contributed by atoms with Crippen molar-refractivity contribution in [3.63, 3.8) is 0 Å². The van der Waals surface area contributed by atoms with Gasteiger partial charge in [-0.1, -0.05) is 31.6 Å². The smallest absolute Gasteiger partial charge is 0.140 e. The van der Waals surface area contributed by atoms with Gasteiger partial charge < -0.3 is 5.32 Å². The standard InChI is InChI=1S/C14H17FN2/c1-3-11(10-17-4-2)7-12-5-6-14(15)13(8-12)9-16/h5-8,17H,3-4,10H2,1-2H3/b11-7+. The summed E-state index contributed by atoms with van der Waals surface area (Å²) >= 11 is 0. The molecular formula is C14H17FN2. The fraction of sp³-hybridized carbons (Fsp3) is 0.357. The molecule has 0 fully saturated rings. The van der Waals surface area contributed by atoms with Crippen LogP contribution in [0.2, 0.25) is 0 Å². The molecule has 0 unspecified atom stereocenters. The zero-order chi connectivity index (χ0) is 12.7. The predicted molar refractivity (Wildman–Crippen MR) is 67.9 cm³/mol. The Morgan fingerprint density at radius 1 is 1.47 bits per heavy atom. The minimum Gasteiger partial charge on any atom is -0.313 e. The van der Waals surface area contributed by atoms with Crippen LogP contribution in [0.25, 0.3) is 6.08 Å². The molecular weight excluding hydrogens is 215 g/mol. The Morgan fingerprint density at radius 2 is 2.24 bits per heavy atom. The van der Waals surface area contributed by atoms with Gasteiger partial charge in [0.2, 0.25) is 0 Å². The third-order valence-electron chi connectivity index (χ3n) is 2.54. The molecule has 0 amide bonds. The predicted octanol–water partition coefficient (Wildman–Crippen LogP) is 3.10. The molecule has 0 saturated carbocycles. The van der Waals surface area contributed by atoms with E-state index >= 15 is 0 Å². The van der Waals surface area contributed by atoms with E-state index < -0.39 is 5.82 Å². The largest absolute Gasteiger partial charge is 0.313 e. The number of hydrogen-bond donors (Lipinski definition) is 1. The molecule has 2 nitrogen and oxygen atoms in total. The lowest BCUT2D eigenvalue weighted by atomic mass is 10.1. The summed E-state index contributed by atoms with van der Waals surface area (Å²) in [6.07, 6.45) is 2.94. The number of nitrogens with one attached hydrogen (secondary N) is 1. The van der Waals surface area contributed by atoms with Crippen molar-refractivity contribution in [2.24, 2.45) is 0 Å². The fourth-order valence-corrected chi connectivity index (χ4v) is 1.52. The Morgan fingerprint density at radius 3 is 2.82 bits per heavy atom. The van der Waals surface area contributed by atoms with Crippen molar-refractivity contribution in [1.29, 1.82) is 5.26 Å². The molecule has 0 aliphatic carbocycles. The van der Waals surface area contributed by atoms with E-state index in [1.807, 2.05) is 12.1 Å². The van der Waals surface area contributed by atoms with E-state index in [2.05, 4.69) is 19.2 Å². The molecule has 0 saturated heterocycles. The molecule has 0 aromatic heterocycles. The lowest BCUT2D eigenvalue weighted by molar-refractivity contribution is 0.624. The van der Waals surface area contributed by atoms with Gasteiger partial charge in [0, 0.05) is 6.54 Å². The first kappa shape index (κ1) is 13.4. The van der Waals surface area contributed by atoms with Gasteiger partial charge in [0.15, 0.2) is 0 Å². The van der Waals surface area contributed by atoms with Crippen molar-refractivity contribution in [2.75, 3.05) is 13.1 Å². The van der Waals surface area contributed by atoms with Crippen molar-refractivity contribution < 1.29 is 4.39 Å². The maximum atomic E-state index is 13.1. The molecule has 0 radical (unpaired) electrons. The summed E-state index contributed by atoms with van der Waals surface area (Å²) in [5.41, 5.74) is 2.21. The summed E-state index contributed by atoms with van der Waals surface area (Å²) in [5.74, 6) is -0.464. The average Bonchev–Trinajstić information content (AvgIpc) is 2.36. The van der Waals surface area contributed by atoms with Crippen molar-refractivity contribution in [3.8, 4) is 6.07 Å². The highest BCUT2D eigenvalue weighted by molar-refractivity contribution is 5.55. The van der Waals surface area contributed by atoms with Crippen LogP contribution in [0.3, 0.4) is 0 Å². The summed E-state index contributed by atoms with van der Waals surface area (Å²) in [5, 5.41) is 12.0. The Bertz CT molecular complexity index is 444. The van der Waals surface area contributed by atoms with Crippen LogP contribution in [0.5, 0.6) is 0 Å². The molecule has 1 aromatic carbocycles. The van der Waals surface area contributed by atoms with Crippen LogP contribution in [0.4, 0.5) is 4.39 Å². The van der Waals surface area contributed by atoms with E-state index in [4.69, 9.17) is 5.26 Å². The molecule has 0 heterocycles. The second-order valence-corrected chi connectivity index (χ2v) is 3.79. The lowest BCUT2D eigenvalue weighted by Gasteiger charge is -2.05. The average molecular weight is 232 g/mol. The van der Waals surface area contributed by atoms with Crippen LogP contribution >= 0.6 is 0 Å². The number of halogens is 1. The van der Waals surface area contributed by atoms with Gasteiger partial charge in [0.05, 0.1) is 5.56 Å². The first-order valence-electron chi connectivity index (χ1n) is 5.81. The number of likely N-dealkylation sites (N-methyl/N-ethyl adjacent to an activating group) is 1. The van der Waals surface area contributed by atoms with Gasteiger partial charge in [-0.3, -0.25) is 0 Å². The van der Waals surface area contributed by atoms with E-state index in [-0.39, 0.29) is 5.56 Å². The highest BCUT2D eigenvalue weighted by Gasteiger charge is 2.02. The number of hydrogen-bond acceptors (Lipinski definition) is 2. The van der Waals surface area contributed by atoms with Gasteiger partial charge in [0.1, 0.15) is 11.9 Å². The maximum absolute atomic E-state index is 13.1. The summed E-state index contributed by atoms with van der Waals surface area (Å²) in [6.45, 7) is 5.88. The van der Waals surface area contributed by atoms with Gasteiger partial charge in [-0.2, -0.15) is 5.26 Å². The van der Waals surface area contributed by atoms with E-state index in [0.717, 1.165) is 25.1 Å². The molecule has 90 valence electrons. The van der Waals surface area contributed by atoms with E-state index in [1.165, 1.54) is 11.6 Å². The molecule has 1 aromatic rings. The Balaban J connectivity index is 2.92. The topological polar surface area (TPSA) is 35.8 Å². The first-order valence-corrected chi connectivity index (χ1v) is 5.81. The zero-order valence-electron chi connectivity index (χ0n) is 10.3. The van der Waals surface area contributed by atoms with Crippen molar-refractivity contribution in [1.82, 2.24) is 5.32 Å². The summed E-state index contributed by atoms with van der Waals surface area (Å²) in [4.78, 5) is 0. The molecule has 0 aliphatic rings. The molecule has 17 heavy (non-hydrogen) atoms. The third kappa shape index (κ3) is 4.01. The lowest BCUT2D eigenvalue weighted by Crippen LogP contribution is -2.15. The maximum Gasteiger partial charge on any atom is 0.140 e. The molecule has 1 N–H and O–H groups in total. The SMILES string of the molecule is CCNC/C(=C/c1ccc(F)c(C#N)c1)CC. The minimum atomic E-state index is -0.464. The fourth-order valence-electron chi connectivity index (χ4n) is 1.52. The van der Waals surface area contributed by atoms with Crippen LogP contribution in [0, 0.1) is 17.1 Å². The quantitative estimate of drug-likeness (QED) is 0.846. The van der Waals surface area contributed by atoms with Crippen LogP contribution < -0.4 is 5.32 Å². The van der Waals surface area contributed by atoms with Crippen LogP contribution in [-0.4, -0.2) is 13.1 Å². The van der Waals surface area contributed by atoms with Crippen LogP contribution in [0.1, 0.15) is 31.4 Å². The molecule has 0 aliphatic heterocycles. The number of nitrogens with zero attached hydrogens (tertiary/aromatic N) is 1. The first-order chi connectivity index (χ1) is 8.21. The van der Waals surface area contributed by atoms with Crippen LogP contribution in [0.15, 0.2) is 23.8 Å². The second-order valence-electron chi connectivity index (χ2n) is 3.79. The molecule has 0 spiro atoms. The minimum absolute atomic E-state index is 0.0950.